The van der Waals surface area contributed by atoms with E-state index in [-0.39, 0.29) is 28.7 Å². The Morgan fingerprint density at radius 2 is 2.18 bits per heavy atom. The Hall–Kier alpha value is -1.89. The van der Waals surface area contributed by atoms with Crippen molar-refractivity contribution in [3.05, 3.63) is 52.3 Å². The summed E-state index contributed by atoms with van der Waals surface area (Å²) in [5.41, 5.74) is 1.55. The fraction of sp³-hybridized carbons (Fsp3) is 0.133. The molecule has 0 amide bonds. The highest BCUT2D eigenvalue weighted by Gasteiger charge is 2.27. The minimum atomic E-state index is -0.940. The van der Waals surface area contributed by atoms with Crippen LogP contribution in [-0.2, 0) is 11.3 Å². The highest BCUT2D eigenvalue weighted by atomic mass is 35.5. The molecule has 0 spiro atoms. The zero-order valence-electron chi connectivity index (χ0n) is 11.6. The number of benzene rings is 2. The average Bonchev–Trinajstić information content (AvgIpc) is 2.83. The molecule has 1 heterocycles. The van der Waals surface area contributed by atoms with Gasteiger partial charge in [-0.1, -0.05) is 17.7 Å². The second-order valence-corrected chi connectivity index (χ2v) is 5.35. The summed E-state index contributed by atoms with van der Waals surface area (Å²) in [4.78, 5) is 11.3. The molecule has 112 valence electrons. The van der Waals surface area contributed by atoms with E-state index in [1.54, 1.807) is 18.2 Å². The molecular formula is C15H11BClFO4. The Labute approximate surface area is 131 Å². The van der Waals surface area contributed by atoms with E-state index in [0.717, 1.165) is 11.6 Å². The third-order valence-electron chi connectivity index (χ3n) is 3.41. The predicted molar refractivity (Wildman–Crippen MR) is 80.3 cm³/mol. The minimum Gasteiger partial charge on any atom is -0.454 e. The summed E-state index contributed by atoms with van der Waals surface area (Å²) < 4.78 is 24.6. The smallest absolute Gasteiger partial charge is 0.454 e. The Morgan fingerprint density at radius 3 is 2.91 bits per heavy atom. The van der Waals surface area contributed by atoms with Gasteiger partial charge < -0.3 is 14.4 Å². The predicted octanol–water partition coefficient (Wildman–Crippen LogP) is 2.69. The van der Waals surface area contributed by atoms with Crippen LogP contribution in [0.15, 0.2) is 30.3 Å². The first-order chi connectivity index (χ1) is 10.5. The van der Waals surface area contributed by atoms with Gasteiger partial charge in [-0.2, -0.15) is 0 Å². The van der Waals surface area contributed by atoms with E-state index in [1.165, 1.54) is 13.0 Å². The minimum absolute atomic E-state index is 0.0746. The molecule has 0 fully saturated rings. The number of Topliss-reactive ketones (excluding diaryl/α,β-unsaturated/α-hetero) is 1. The maximum absolute atomic E-state index is 14.0. The molecule has 1 aliphatic heterocycles. The topological polar surface area (TPSA) is 55.8 Å². The van der Waals surface area contributed by atoms with Crippen LogP contribution >= 0.6 is 11.6 Å². The monoisotopic (exact) mass is 320 g/mol. The highest BCUT2D eigenvalue weighted by molar-refractivity contribution is 6.61. The molecule has 3 rings (SSSR count). The summed E-state index contributed by atoms with van der Waals surface area (Å²) in [6, 6.07) is 7.25. The number of halogens is 2. The van der Waals surface area contributed by atoms with E-state index in [9.17, 15) is 14.2 Å². The van der Waals surface area contributed by atoms with Crippen LogP contribution in [0.5, 0.6) is 11.5 Å². The standard InChI is InChI=1S/C15H11BClFO4/c1-8(19)11-5-14(18)15(6-13(11)17)22-10-2-3-12-9(4-10)7-21-16(12)20/h2-6,20H,7H2,1H3. The van der Waals surface area contributed by atoms with E-state index < -0.39 is 12.9 Å². The molecule has 0 saturated heterocycles. The van der Waals surface area contributed by atoms with Crippen molar-refractivity contribution in [3.63, 3.8) is 0 Å². The Balaban J connectivity index is 1.91. The summed E-state index contributed by atoms with van der Waals surface area (Å²) in [5, 5.41) is 9.68. The van der Waals surface area contributed by atoms with Crippen molar-refractivity contribution in [1.82, 2.24) is 0 Å². The Kier molecular flexibility index (Phi) is 3.91. The molecule has 0 aliphatic carbocycles. The van der Waals surface area contributed by atoms with E-state index in [1.807, 2.05) is 0 Å². The fourth-order valence-corrected chi connectivity index (χ4v) is 2.56. The van der Waals surface area contributed by atoms with Crippen LogP contribution in [0.4, 0.5) is 4.39 Å². The van der Waals surface area contributed by atoms with Crippen LogP contribution in [0.25, 0.3) is 0 Å². The number of carbonyl (C=O) groups excluding carboxylic acids is 1. The molecule has 2 aromatic rings. The lowest BCUT2D eigenvalue weighted by Gasteiger charge is -2.10. The fourth-order valence-electron chi connectivity index (χ4n) is 2.27. The number of carbonyl (C=O) groups is 1. The SMILES string of the molecule is CC(=O)c1cc(F)c(Oc2ccc3c(c2)COB3O)cc1Cl. The maximum atomic E-state index is 14.0. The van der Waals surface area contributed by atoms with Gasteiger partial charge in [-0.25, -0.2) is 4.39 Å². The lowest BCUT2D eigenvalue weighted by atomic mass is 9.80. The zero-order valence-corrected chi connectivity index (χ0v) is 12.4. The first kappa shape index (κ1) is 15.0. The molecule has 4 nitrogen and oxygen atoms in total. The lowest BCUT2D eigenvalue weighted by Crippen LogP contribution is -2.27. The van der Waals surface area contributed by atoms with Gasteiger partial charge >= 0.3 is 7.12 Å². The van der Waals surface area contributed by atoms with Crippen LogP contribution < -0.4 is 10.2 Å². The second-order valence-electron chi connectivity index (χ2n) is 4.94. The molecule has 0 aromatic heterocycles. The normalized spacial score (nSPS) is 13.2. The summed E-state index contributed by atoms with van der Waals surface area (Å²) in [6.07, 6.45) is 0. The van der Waals surface area contributed by atoms with Gasteiger partial charge in [0.15, 0.2) is 17.3 Å². The van der Waals surface area contributed by atoms with E-state index in [0.29, 0.717) is 11.2 Å². The number of hydrogen-bond acceptors (Lipinski definition) is 4. The zero-order chi connectivity index (χ0) is 15.9. The van der Waals surface area contributed by atoms with Gasteiger partial charge in [-0.3, -0.25) is 4.79 Å². The van der Waals surface area contributed by atoms with Crippen molar-refractivity contribution in [2.45, 2.75) is 13.5 Å². The summed E-state index contributed by atoms with van der Waals surface area (Å²) >= 11 is 5.95. The van der Waals surface area contributed by atoms with Crippen molar-refractivity contribution >= 4 is 30.0 Å². The van der Waals surface area contributed by atoms with Gasteiger partial charge in [0.1, 0.15) is 5.75 Å². The van der Waals surface area contributed by atoms with Crippen molar-refractivity contribution in [2.24, 2.45) is 0 Å². The molecule has 0 atom stereocenters. The lowest BCUT2D eigenvalue weighted by molar-refractivity contribution is 0.101. The Bertz CT molecular complexity index is 765. The summed E-state index contributed by atoms with van der Waals surface area (Å²) in [6.45, 7) is 1.58. The van der Waals surface area contributed by atoms with Crippen LogP contribution in [-0.4, -0.2) is 17.9 Å². The van der Waals surface area contributed by atoms with Crippen molar-refractivity contribution in [2.75, 3.05) is 0 Å². The van der Waals surface area contributed by atoms with Crippen molar-refractivity contribution < 1.29 is 23.6 Å². The molecule has 2 aromatic carbocycles. The Morgan fingerprint density at radius 1 is 1.41 bits per heavy atom. The maximum Gasteiger partial charge on any atom is 0.491 e. The average molecular weight is 321 g/mol. The first-order valence-electron chi connectivity index (χ1n) is 6.56. The van der Waals surface area contributed by atoms with Crippen LogP contribution in [0, 0.1) is 5.82 Å². The van der Waals surface area contributed by atoms with E-state index in [2.05, 4.69) is 0 Å². The molecule has 22 heavy (non-hydrogen) atoms. The number of fused-ring (bicyclic) bond motifs is 1. The molecular weight excluding hydrogens is 309 g/mol. The molecule has 0 unspecified atom stereocenters. The largest absolute Gasteiger partial charge is 0.491 e. The molecule has 7 heteroatoms. The number of hydrogen-bond donors (Lipinski definition) is 1. The first-order valence-corrected chi connectivity index (χ1v) is 6.94. The summed E-state index contributed by atoms with van der Waals surface area (Å²) in [7, 11) is -0.940. The van der Waals surface area contributed by atoms with Gasteiger partial charge in [0.25, 0.3) is 0 Å². The van der Waals surface area contributed by atoms with Gasteiger partial charge in [0.05, 0.1) is 11.6 Å². The van der Waals surface area contributed by atoms with Gasteiger partial charge in [0, 0.05) is 11.6 Å². The summed E-state index contributed by atoms with van der Waals surface area (Å²) in [5.74, 6) is -0.679. The van der Waals surface area contributed by atoms with Crippen molar-refractivity contribution in [3.8, 4) is 11.5 Å². The second kappa shape index (κ2) is 5.72. The van der Waals surface area contributed by atoms with Crippen molar-refractivity contribution in [1.29, 1.82) is 0 Å². The molecule has 0 bridgehead atoms. The molecule has 0 saturated carbocycles. The number of ether oxygens (including phenoxy) is 1. The van der Waals surface area contributed by atoms with E-state index >= 15 is 0 Å². The third-order valence-corrected chi connectivity index (χ3v) is 3.72. The number of ketones is 1. The quantitative estimate of drug-likeness (QED) is 0.698. The van der Waals surface area contributed by atoms with Gasteiger partial charge in [-0.15, -0.1) is 0 Å². The number of rotatable bonds is 3. The molecule has 0 radical (unpaired) electrons. The highest BCUT2D eigenvalue weighted by Crippen LogP contribution is 2.31. The van der Waals surface area contributed by atoms with Crippen LogP contribution in [0.1, 0.15) is 22.8 Å². The van der Waals surface area contributed by atoms with Crippen LogP contribution in [0.3, 0.4) is 0 Å². The van der Waals surface area contributed by atoms with E-state index in [4.69, 9.17) is 21.0 Å². The van der Waals surface area contributed by atoms with Gasteiger partial charge in [0.2, 0.25) is 0 Å². The van der Waals surface area contributed by atoms with Crippen LogP contribution in [0.2, 0.25) is 5.02 Å². The molecule has 1 aliphatic rings. The third kappa shape index (κ3) is 2.73. The molecule has 1 N–H and O–H groups in total. The van der Waals surface area contributed by atoms with Gasteiger partial charge in [-0.05, 0) is 36.1 Å².